The van der Waals surface area contributed by atoms with Gasteiger partial charge in [0.05, 0.1) is 21.8 Å². The van der Waals surface area contributed by atoms with E-state index in [0.717, 1.165) is 18.4 Å². The van der Waals surface area contributed by atoms with Crippen molar-refractivity contribution in [1.29, 1.82) is 0 Å². The molecular weight excluding hydrogens is 307 g/mol. The minimum atomic E-state index is -0.198. The maximum Gasteiger partial charge on any atom is 0.231 e. The first kappa shape index (κ1) is 14.6. The first-order valence-corrected chi connectivity index (χ1v) is 7.20. The minimum absolute atomic E-state index is 0.198. The largest absolute Gasteiger partial charge is 0.339 e. The smallest absolute Gasteiger partial charge is 0.231 e. The van der Waals surface area contributed by atoms with Crippen molar-refractivity contribution in [3.8, 4) is 0 Å². The highest BCUT2D eigenvalue weighted by atomic mass is 35.5. The van der Waals surface area contributed by atoms with Crippen molar-refractivity contribution in [2.45, 2.75) is 31.6 Å². The molecule has 0 radical (unpaired) electrons. The Kier molecular flexibility index (Phi) is 5.08. The molecule has 0 amide bonds. The lowest BCUT2D eigenvalue weighted by Gasteiger charge is -2.00. The molecule has 0 aliphatic rings. The summed E-state index contributed by atoms with van der Waals surface area (Å²) in [6.07, 6.45) is 2.32. The van der Waals surface area contributed by atoms with Gasteiger partial charge >= 0.3 is 0 Å². The summed E-state index contributed by atoms with van der Waals surface area (Å²) in [5.74, 6) is 1.06. The number of benzene rings is 1. The van der Waals surface area contributed by atoms with Gasteiger partial charge in [-0.05, 0) is 24.1 Å². The Morgan fingerprint density at radius 1 is 1.26 bits per heavy atom. The maximum atomic E-state index is 6.15. The van der Waals surface area contributed by atoms with Gasteiger partial charge in [0.25, 0.3) is 0 Å². The van der Waals surface area contributed by atoms with E-state index in [1.54, 1.807) is 12.1 Å². The van der Waals surface area contributed by atoms with Crippen molar-refractivity contribution in [2.75, 3.05) is 0 Å². The molecule has 19 heavy (non-hydrogen) atoms. The maximum absolute atomic E-state index is 6.15. The van der Waals surface area contributed by atoms with Gasteiger partial charge in [-0.1, -0.05) is 47.8 Å². The number of rotatable bonds is 5. The topological polar surface area (TPSA) is 38.9 Å². The zero-order valence-electron chi connectivity index (χ0n) is 10.4. The van der Waals surface area contributed by atoms with Crippen LogP contribution < -0.4 is 0 Å². The highest BCUT2D eigenvalue weighted by Crippen LogP contribution is 2.25. The van der Waals surface area contributed by atoms with Crippen LogP contribution in [0.4, 0.5) is 0 Å². The Morgan fingerprint density at radius 2 is 2.05 bits per heavy atom. The third-order valence-electron chi connectivity index (χ3n) is 2.65. The molecule has 2 aromatic rings. The van der Waals surface area contributed by atoms with Crippen LogP contribution in [0, 0.1) is 0 Å². The van der Waals surface area contributed by atoms with Crippen LogP contribution >= 0.6 is 34.8 Å². The fourth-order valence-electron chi connectivity index (χ4n) is 1.67. The molecule has 0 N–H and O–H groups in total. The average Bonchev–Trinajstić information content (AvgIpc) is 2.83. The van der Waals surface area contributed by atoms with Crippen LogP contribution in [0.1, 0.15) is 42.4 Å². The van der Waals surface area contributed by atoms with Gasteiger partial charge in [0.2, 0.25) is 5.89 Å². The van der Waals surface area contributed by atoms with E-state index in [0.29, 0.717) is 28.2 Å². The summed E-state index contributed by atoms with van der Waals surface area (Å²) in [7, 11) is 0. The molecule has 6 heteroatoms. The van der Waals surface area contributed by atoms with E-state index in [2.05, 4.69) is 17.1 Å². The van der Waals surface area contributed by atoms with Gasteiger partial charge in [0, 0.05) is 0 Å². The highest BCUT2D eigenvalue weighted by molar-refractivity contribution is 6.42. The second kappa shape index (κ2) is 6.60. The number of hydrogen-bond donors (Lipinski definition) is 0. The summed E-state index contributed by atoms with van der Waals surface area (Å²) in [4.78, 5) is 4.29. The third kappa shape index (κ3) is 3.85. The Balaban J connectivity index is 2.09. The molecule has 0 saturated carbocycles. The van der Waals surface area contributed by atoms with Crippen LogP contribution in [0.3, 0.4) is 0 Å². The zero-order valence-corrected chi connectivity index (χ0v) is 12.6. The summed E-state index contributed by atoms with van der Waals surface area (Å²) in [6, 6.07) is 5.41. The number of hydrogen-bond acceptors (Lipinski definition) is 3. The van der Waals surface area contributed by atoms with E-state index in [-0.39, 0.29) is 5.38 Å². The van der Waals surface area contributed by atoms with Crippen molar-refractivity contribution in [3.05, 3.63) is 45.5 Å². The molecule has 0 aliphatic heterocycles. The second-order valence-electron chi connectivity index (χ2n) is 4.23. The van der Waals surface area contributed by atoms with Gasteiger partial charge < -0.3 is 4.52 Å². The van der Waals surface area contributed by atoms with E-state index in [1.165, 1.54) is 0 Å². The summed E-state index contributed by atoms with van der Waals surface area (Å²) in [5.41, 5.74) is 0.964. The van der Waals surface area contributed by atoms with Crippen molar-refractivity contribution in [2.24, 2.45) is 0 Å². The lowest BCUT2D eigenvalue weighted by molar-refractivity contribution is 0.378. The van der Waals surface area contributed by atoms with E-state index in [1.807, 2.05) is 6.07 Å². The predicted octanol–water partition coefficient (Wildman–Crippen LogP) is 5.05. The molecule has 1 heterocycles. The normalized spacial score (nSPS) is 12.6. The van der Waals surface area contributed by atoms with Crippen molar-refractivity contribution < 1.29 is 4.52 Å². The van der Waals surface area contributed by atoms with Gasteiger partial charge in [0.1, 0.15) is 0 Å². The number of aromatic nitrogens is 2. The highest BCUT2D eigenvalue weighted by Gasteiger charge is 2.15. The molecule has 0 bridgehead atoms. The average molecular weight is 320 g/mol. The zero-order chi connectivity index (χ0) is 13.8. The van der Waals surface area contributed by atoms with E-state index >= 15 is 0 Å². The van der Waals surface area contributed by atoms with Crippen LogP contribution in [0.5, 0.6) is 0 Å². The molecule has 1 unspecified atom stereocenters. The third-order valence-corrected chi connectivity index (χ3v) is 3.80. The lowest BCUT2D eigenvalue weighted by atomic mass is 10.1. The molecule has 0 aliphatic carbocycles. The molecule has 0 fully saturated rings. The second-order valence-corrected chi connectivity index (χ2v) is 5.57. The molecule has 2 rings (SSSR count). The Morgan fingerprint density at radius 3 is 2.74 bits per heavy atom. The molecule has 102 valence electrons. The van der Waals surface area contributed by atoms with Crippen LogP contribution in [0.25, 0.3) is 0 Å². The number of halogens is 3. The summed E-state index contributed by atoms with van der Waals surface area (Å²) >= 11 is 18.0. The van der Waals surface area contributed by atoms with Gasteiger partial charge in [0.15, 0.2) is 5.82 Å². The fourth-order valence-corrected chi connectivity index (χ4v) is 2.30. The van der Waals surface area contributed by atoms with Crippen molar-refractivity contribution in [1.82, 2.24) is 10.1 Å². The lowest BCUT2D eigenvalue weighted by Crippen LogP contribution is -1.94. The molecular formula is C13H13Cl3N2O. The van der Waals surface area contributed by atoms with Crippen LogP contribution in [-0.4, -0.2) is 10.1 Å². The Hall–Kier alpha value is -0.770. The molecule has 0 saturated heterocycles. The summed E-state index contributed by atoms with van der Waals surface area (Å²) in [6.45, 7) is 2.06. The van der Waals surface area contributed by atoms with Gasteiger partial charge in [-0.15, -0.1) is 11.6 Å². The monoisotopic (exact) mass is 318 g/mol. The minimum Gasteiger partial charge on any atom is -0.339 e. The molecule has 1 aromatic heterocycles. The first-order valence-electron chi connectivity index (χ1n) is 6.00. The number of nitrogens with zero attached hydrogens (tertiary/aromatic N) is 2. The summed E-state index contributed by atoms with van der Waals surface area (Å²) < 4.78 is 5.18. The SMILES string of the molecule is CCCC(Cl)c1noc(Cc2ccc(Cl)c(Cl)c2)n1. The molecule has 1 aromatic carbocycles. The van der Waals surface area contributed by atoms with Crippen LogP contribution in [-0.2, 0) is 6.42 Å². The Bertz CT molecular complexity index is 557. The van der Waals surface area contributed by atoms with E-state index < -0.39 is 0 Å². The summed E-state index contributed by atoms with van der Waals surface area (Å²) in [5, 5.41) is 4.74. The van der Waals surface area contributed by atoms with Gasteiger partial charge in [-0.2, -0.15) is 4.98 Å². The van der Waals surface area contributed by atoms with E-state index in [9.17, 15) is 0 Å². The molecule has 1 atom stereocenters. The number of alkyl halides is 1. The van der Waals surface area contributed by atoms with E-state index in [4.69, 9.17) is 39.3 Å². The fraction of sp³-hybridized carbons (Fsp3) is 0.385. The quantitative estimate of drug-likeness (QED) is 0.724. The molecule has 3 nitrogen and oxygen atoms in total. The van der Waals surface area contributed by atoms with Gasteiger partial charge in [-0.3, -0.25) is 0 Å². The van der Waals surface area contributed by atoms with Crippen molar-refractivity contribution >= 4 is 34.8 Å². The Labute approximate surface area is 126 Å². The standard InChI is InChI=1S/C13H13Cl3N2O/c1-2-3-10(15)13-17-12(19-18-13)7-8-4-5-9(14)11(16)6-8/h4-6,10H,2-3,7H2,1H3. The molecule has 0 spiro atoms. The van der Waals surface area contributed by atoms with Crippen LogP contribution in [0.15, 0.2) is 22.7 Å². The van der Waals surface area contributed by atoms with Crippen molar-refractivity contribution in [3.63, 3.8) is 0 Å². The first-order chi connectivity index (χ1) is 9.10. The predicted molar refractivity (Wildman–Crippen MR) is 77.1 cm³/mol. The van der Waals surface area contributed by atoms with Gasteiger partial charge in [-0.25, -0.2) is 0 Å². The van der Waals surface area contributed by atoms with Crippen LogP contribution in [0.2, 0.25) is 10.0 Å².